The Morgan fingerprint density at radius 3 is 2.47 bits per heavy atom. The third-order valence-electron chi connectivity index (χ3n) is 2.20. The second kappa shape index (κ2) is 5.35. The molecule has 80 valence electrons. The number of hydrogen-bond donors (Lipinski definition) is 0. The van der Waals surface area contributed by atoms with Gasteiger partial charge in [-0.05, 0) is 12.5 Å². The van der Waals surface area contributed by atoms with Crippen LogP contribution < -0.4 is 4.74 Å². The SMILES string of the molecule is CC.COc1cncc2c(C)cccc12. The van der Waals surface area contributed by atoms with E-state index in [-0.39, 0.29) is 0 Å². The Morgan fingerprint density at radius 2 is 1.80 bits per heavy atom. The molecule has 2 nitrogen and oxygen atoms in total. The van der Waals surface area contributed by atoms with E-state index < -0.39 is 0 Å². The van der Waals surface area contributed by atoms with E-state index in [1.807, 2.05) is 32.2 Å². The van der Waals surface area contributed by atoms with Gasteiger partial charge < -0.3 is 4.74 Å². The van der Waals surface area contributed by atoms with E-state index >= 15 is 0 Å². The Kier molecular flexibility index (Phi) is 4.10. The smallest absolute Gasteiger partial charge is 0.144 e. The minimum Gasteiger partial charge on any atom is -0.494 e. The van der Waals surface area contributed by atoms with E-state index in [9.17, 15) is 0 Å². The molecular formula is C13H17NO. The van der Waals surface area contributed by atoms with Crippen LogP contribution >= 0.6 is 0 Å². The molecule has 1 aromatic heterocycles. The fourth-order valence-corrected chi connectivity index (χ4v) is 1.48. The van der Waals surface area contributed by atoms with Gasteiger partial charge in [-0.3, -0.25) is 4.98 Å². The van der Waals surface area contributed by atoms with Crippen molar-refractivity contribution in [2.24, 2.45) is 0 Å². The third kappa shape index (κ3) is 2.27. The number of hydrogen-bond acceptors (Lipinski definition) is 2. The van der Waals surface area contributed by atoms with Crippen LogP contribution in [-0.2, 0) is 0 Å². The molecule has 0 bridgehead atoms. The predicted octanol–water partition coefficient (Wildman–Crippen LogP) is 3.58. The molecule has 0 amide bonds. The number of aromatic nitrogens is 1. The second-order valence-corrected chi connectivity index (χ2v) is 3.01. The molecule has 1 aromatic carbocycles. The van der Waals surface area contributed by atoms with Crippen molar-refractivity contribution in [2.75, 3.05) is 7.11 Å². The molecule has 0 atom stereocenters. The van der Waals surface area contributed by atoms with Crippen molar-refractivity contribution in [1.82, 2.24) is 4.98 Å². The first kappa shape index (κ1) is 11.5. The summed E-state index contributed by atoms with van der Waals surface area (Å²) in [6.07, 6.45) is 3.61. The Bertz CT molecular complexity index is 437. The van der Waals surface area contributed by atoms with E-state index in [4.69, 9.17) is 4.74 Å². The molecule has 15 heavy (non-hydrogen) atoms. The van der Waals surface area contributed by atoms with Crippen molar-refractivity contribution in [1.29, 1.82) is 0 Å². The molecule has 2 rings (SSSR count). The Morgan fingerprint density at radius 1 is 1.07 bits per heavy atom. The third-order valence-corrected chi connectivity index (χ3v) is 2.20. The number of ether oxygens (including phenoxy) is 1. The highest BCUT2D eigenvalue weighted by Crippen LogP contribution is 2.25. The van der Waals surface area contributed by atoms with Gasteiger partial charge in [-0.2, -0.15) is 0 Å². The first-order valence-corrected chi connectivity index (χ1v) is 5.20. The molecule has 0 radical (unpaired) electrons. The maximum atomic E-state index is 5.22. The molecule has 1 heterocycles. The number of methoxy groups -OCH3 is 1. The molecular weight excluding hydrogens is 186 g/mol. The quantitative estimate of drug-likeness (QED) is 0.706. The molecule has 0 aliphatic rings. The van der Waals surface area contributed by atoms with Crippen LogP contribution in [0.5, 0.6) is 5.75 Å². The summed E-state index contributed by atoms with van der Waals surface area (Å²) in [5.74, 6) is 0.834. The number of pyridine rings is 1. The van der Waals surface area contributed by atoms with Crippen LogP contribution in [0.25, 0.3) is 10.8 Å². The Labute approximate surface area is 90.9 Å². The minimum absolute atomic E-state index is 0.834. The summed E-state index contributed by atoms with van der Waals surface area (Å²) in [6.45, 7) is 6.07. The summed E-state index contributed by atoms with van der Waals surface area (Å²) < 4.78 is 5.22. The lowest BCUT2D eigenvalue weighted by Crippen LogP contribution is -1.87. The van der Waals surface area contributed by atoms with Crippen molar-refractivity contribution in [3.8, 4) is 5.75 Å². The summed E-state index contributed by atoms with van der Waals surface area (Å²) in [6, 6.07) is 6.15. The van der Waals surface area contributed by atoms with Crippen LogP contribution in [0.2, 0.25) is 0 Å². The molecule has 0 N–H and O–H groups in total. The van der Waals surface area contributed by atoms with Crippen molar-refractivity contribution < 1.29 is 4.74 Å². The fraction of sp³-hybridized carbons (Fsp3) is 0.308. The van der Waals surface area contributed by atoms with E-state index in [2.05, 4.69) is 18.0 Å². The van der Waals surface area contributed by atoms with Gasteiger partial charge in [0.25, 0.3) is 0 Å². The highest BCUT2D eigenvalue weighted by atomic mass is 16.5. The minimum atomic E-state index is 0.834. The Hall–Kier alpha value is -1.57. The molecule has 2 heteroatoms. The first-order valence-electron chi connectivity index (χ1n) is 5.20. The zero-order valence-electron chi connectivity index (χ0n) is 9.74. The lowest BCUT2D eigenvalue weighted by Gasteiger charge is -2.05. The Balaban J connectivity index is 0.000000531. The molecule has 2 aromatic rings. The van der Waals surface area contributed by atoms with Gasteiger partial charge >= 0.3 is 0 Å². The number of rotatable bonds is 1. The molecule has 0 saturated heterocycles. The van der Waals surface area contributed by atoms with Gasteiger partial charge in [0.15, 0.2) is 0 Å². The van der Waals surface area contributed by atoms with E-state index in [0.29, 0.717) is 0 Å². The van der Waals surface area contributed by atoms with Crippen LogP contribution in [-0.4, -0.2) is 12.1 Å². The van der Waals surface area contributed by atoms with Crippen molar-refractivity contribution in [3.63, 3.8) is 0 Å². The van der Waals surface area contributed by atoms with Gasteiger partial charge in [-0.25, -0.2) is 0 Å². The largest absolute Gasteiger partial charge is 0.494 e. The van der Waals surface area contributed by atoms with Gasteiger partial charge in [0.05, 0.1) is 13.3 Å². The number of benzene rings is 1. The van der Waals surface area contributed by atoms with E-state index in [1.54, 1.807) is 13.3 Å². The maximum Gasteiger partial charge on any atom is 0.144 e. The number of nitrogens with zero attached hydrogens (tertiary/aromatic N) is 1. The molecule has 0 spiro atoms. The van der Waals surface area contributed by atoms with E-state index in [1.165, 1.54) is 5.56 Å². The molecule has 0 aliphatic carbocycles. The van der Waals surface area contributed by atoms with Crippen LogP contribution in [0.4, 0.5) is 0 Å². The average Bonchev–Trinajstić information content (AvgIpc) is 2.32. The van der Waals surface area contributed by atoms with Crippen LogP contribution in [0.15, 0.2) is 30.6 Å². The van der Waals surface area contributed by atoms with Gasteiger partial charge in [0.1, 0.15) is 5.75 Å². The maximum absolute atomic E-state index is 5.22. The number of aryl methyl sites for hydroxylation is 1. The lowest BCUT2D eigenvalue weighted by atomic mass is 10.1. The summed E-state index contributed by atoms with van der Waals surface area (Å²) >= 11 is 0. The lowest BCUT2D eigenvalue weighted by molar-refractivity contribution is 0.418. The predicted molar refractivity (Wildman–Crippen MR) is 64.4 cm³/mol. The molecule has 0 unspecified atom stereocenters. The van der Waals surface area contributed by atoms with Crippen LogP contribution in [0.1, 0.15) is 19.4 Å². The van der Waals surface area contributed by atoms with Gasteiger partial charge in [-0.1, -0.05) is 32.0 Å². The molecule has 0 aliphatic heterocycles. The summed E-state index contributed by atoms with van der Waals surface area (Å²) in [7, 11) is 1.67. The molecule has 0 fully saturated rings. The highest BCUT2D eigenvalue weighted by molar-refractivity contribution is 5.89. The topological polar surface area (TPSA) is 22.1 Å². The summed E-state index contributed by atoms with van der Waals surface area (Å²) in [4.78, 5) is 4.12. The van der Waals surface area contributed by atoms with Crippen LogP contribution in [0.3, 0.4) is 0 Å². The highest BCUT2D eigenvalue weighted by Gasteiger charge is 2.01. The normalized spacial score (nSPS) is 9.33. The number of fused-ring (bicyclic) bond motifs is 1. The van der Waals surface area contributed by atoms with Crippen LogP contribution in [0, 0.1) is 6.92 Å². The van der Waals surface area contributed by atoms with Crippen molar-refractivity contribution in [3.05, 3.63) is 36.2 Å². The summed E-state index contributed by atoms with van der Waals surface area (Å²) in [5.41, 5.74) is 1.23. The van der Waals surface area contributed by atoms with Gasteiger partial charge in [0, 0.05) is 17.0 Å². The fourth-order valence-electron chi connectivity index (χ4n) is 1.48. The van der Waals surface area contributed by atoms with Gasteiger partial charge in [-0.15, -0.1) is 0 Å². The zero-order chi connectivity index (χ0) is 11.3. The monoisotopic (exact) mass is 203 g/mol. The summed E-state index contributed by atoms with van der Waals surface area (Å²) in [5, 5.41) is 2.28. The van der Waals surface area contributed by atoms with Crippen molar-refractivity contribution >= 4 is 10.8 Å². The average molecular weight is 203 g/mol. The second-order valence-electron chi connectivity index (χ2n) is 3.01. The van der Waals surface area contributed by atoms with Crippen molar-refractivity contribution in [2.45, 2.75) is 20.8 Å². The van der Waals surface area contributed by atoms with Gasteiger partial charge in [0.2, 0.25) is 0 Å². The zero-order valence-corrected chi connectivity index (χ0v) is 9.74. The molecule has 0 saturated carbocycles. The van der Waals surface area contributed by atoms with E-state index in [0.717, 1.165) is 16.5 Å². The first-order chi connectivity index (χ1) is 7.33. The standard InChI is InChI=1S/C11H11NO.C2H6/c1-8-4-3-5-9-10(8)6-12-7-11(9)13-2;1-2/h3-7H,1-2H3;1-2H3.